The number of carbonyl (C=O) groups excluding carboxylic acids is 1. The number of nitrogens with zero attached hydrogens (tertiary/aromatic N) is 1. The number of nitro groups is 1. The number of halogens is 1. The Morgan fingerprint density at radius 2 is 2.00 bits per heavy atom. The first-order chi connectivity index (χ1) is 11.0. The van der Waals surface area contributed by atoms with Crippen LogP contribution in [-0.4, -0.2) is 24.1 Å². The fourth-order valence-corrected chi connectivity index (χ4v) is 3.12. The summed E-state index contributed by atoms with van der Waals surface area (Å²) in [4.78, 5) is 22.2. The lowest BCUT2D eigenvalue weighted by molar-refractivity contribution is -0.380. The summed E-state index contributed by atoms with van der Waals surface area (Å²) < 4.78 is 16.9. The molecule has 7 nitrogen and oxygen atoms in total. The molecule has 1 aromatic carbocycles. The van der Waals surface area contributed by atoms with Gasteiger partial charge in [0.15, 0.2) is 11.5 Å². The van der Waals surface area contributed by atoms with Gasteiger partial charge in [0.05, 0.1) is 4.92 Å². The summed E-state index contributed by atoms with van der Waals surface area (Å²) >= 11 is 4.17. The molecule has 0 amide bonds. The number of carbonyl (C=O) groups is 1. The molecule has 0 atom stereocenters. The second kappa shape index (κ2) is 6.55. The van der Waals surface area contributed by atoms with Crippen LogP contribution in [0.3, 0.4) is 0 Å². The minimum Gasteiger partial charge on any atom is -0.486 e. The van der Waals surface area contributed by atoms with Crippen molar-refractivity contribution in [2.24, 2.45) is 0 Å². The van der Waals surface area contributed by atoms with E-state index in [4.69, 9.17) is 14.2 Å². The van der Waals surface area contributed by atoms with E-state index in [9.17, 15) is 14.9 Å². The molecule has 0 saturated carbocycles. The molecule has 2 aromatic rings. The van der Waals surface area contributed by atoms with E-state index in [2.05, 4.69) is 15.9 Å². The second-order valence-corrected chi connectivity index (χ2v) is 6.47. The van der Waals surface area contributed by atoms with Gasteiger partial charge in [-0.25, -0.2) is 4.79 Å². The van der Waals surface area contributed by atoms with Gasteiger partial charge < -0.3 is 14.2 Å². The van der Waals surface area contributed by atoms with Crippen LogP contribution in [0.1, 0.15) is 15.2 Å². The van der Waals surface area contributed by atoms with E-state index < -0.39 is 10.9 Å². The third-order valence-electron chi connectivity index (χ3n) is 3.04. The van der Waals surface area contributed by atoms with Crippen LogP contribution in [0.15, 0.2) is 28.7 Å². The van der Waals surface area contributed by atoms with Crippen molar-refractivity contribution in [1.82, 2.24) is 0 Å². The highest BCUT2D eigenvalue weighted by Crippen LogP contribution is 2.36. The Morgan fingerprint density at radius 3 is 2.65 bits per heavy atom. The predicted molar refractivity (Wildman–Crippen MR) is 85.2 cm³/mol. The highest BCUT2D eigenvalue weighted by molar-refractivity contribution is 9.10. The van der Waals surface area contributed by atoms with Crippen molar-refractivity contribution < 1.29 is 23.9 Å². The van der Waals surface area contributed by atoms with Gasteiger partial charge in [0.2, 0.25) is 0 Å². The van der Waals surface area contributed by atoms with Gasteiger partial charge in [-0.15, -0.1) is 0 Å². The van der Waals surface area contributed by atoms with Gasteiger partial charge in [0.25, 0.3) is 0 Å². The van der Waals surface area contributed by atoms with E-state index in [1.165, 1.54) is 12.1 Å². The lowest BCUT2D eigenvalue weighted by atomic mass is 10.2. The second-order valence-electron chi connectivity index (χ2n) is 4.56. The maximum atomic E-state index is 11.9. The minimum atomic E-state index is -0.607. The molecular weight excluding hydrogens is 390 g/mol. The molecule has 9 heteroatoms. The van der Waals surface area contributed by atoms with Gasteiger partial charge in [-0.1, -0.05) is 27.3 Å². The standard InChI is InChI=1S/C14H10BrNO6S/c15-9-6-11-10(20-3-4-21-11)5-8(9)7-22-14(17)12-1-2-13(23-12)16(18)19/h1-2,5-6H,3-4,7H2. The molecule has 1 aromatic heterocycles. The maximum absolute atomic E-state index is 11.9. The van der Waals surface area contributed by atoms with Crippen LogP contribution in [0, 0.1) is 10.1 Å². The first-order valence-corrected chi connectivity index (χ1v) is 8.15. The molecule has 0 N–H and O–H groups in total. The molecule has 2 heterocycles. The van der Waals surface area contributed by atoms with Crippen LogP contribution >= 0.6 is 27.3 Å². The normalized spacial score (nSPS) is 12.7. The molecule has 120 valence electrons. The summed E-state index contributed by atoms with van der Waals surface area (Å²) in [5, 5.41) is 10.5. The molecule has 1 aliphatic rings. The van der Waals surface area contributed by atoms with Gasteiger partial charge in [-0.2, -0.15) is 0 Å². The Labute approximate surface area is 143 Å². The van der Waals surface area contributed by atoms with Crippen LogP contribution in [-0.2, 0) is 11.3 Å². The number of fused-ring (bicyclic) bond motifs is 1. The smallest absolute Gasteiger partial charge is 0.348 e. The van der Waals surface area contributed by atoms with Gasteiger partial charge in [-0.3, -0.25) is 10.1 Å². The van der Waals surface area contributed by atoms with Crippen LogP contribution in [0.5, 0.6) is 11.5 Å². The summed E-state index contributed by atoms with van der Waals surface area (Å²) in [6, 6.07) is 6.15. The average Bonchev–Trinajstić information content (AvgIpc) is 3.03. The third kappa shape index (κ3) is 3.45. The van der Waals surface area contributed by atoms with E-state index >= 15 is 0 Å². The van der Waals surface area contributed by atoms with E-state index in [1.54, 1.807) is 12.1 Å². The number of hydrogen-bond acceptors (Lipinski definition) is 7. The Balaban J connectivity index is 1.70. The number of benzene rings is 1. The van der Waals surface area contributed by atoms with Crippen molar-refractivity contribution in [2.75, 3.05) is 13.2 Å². The zero-order valence-corrected chi connectivity index (χ0v) is 14.0. The number of rotatable bonds is 4. The molecular formula is C14H10BrNO6S. The molecule has 0 unspecified atom stereocenters. The Bertz CT molecular complexity index is 775. The summed E-state index contributed by atoms with van der Waals surface area (Å²) in [5.41, 5.74) is 0.716. The first-order valence-electron chi connectivity index (χ1n) is 6.54. The zero-order valence-electron chi connectivity index (χ0n) is 11.6. The summed E-state index contributed by atoms with van der Waals surface area (Å²) in [5.74, 6) is 0.620. The topological polar surface area (TPSA) is 87.9 Å². The van der Waals surface area contributed by atoms with E-state index in [0.717, 1.165) is 15.8 Å². The van der Waals surface area contributed by atoms with Crippen molar-refractivity contribution in [1.29, 1.82) is 0 Å². The fraction of sp³-hybridized carbons (Fsp3) is 0.214. The van der Waals surface area contributed by atoms with Gasteiger partial charge >= 0.3 is 11.0 Å². The van der Waals surface area contributed by atoms with Crippen LogP contribution < -0.4 is 9.47 Å². The van der Waals surface area contributed by atoms with Gasteiger partial charge in [0.1, 0.15) is 24.7 Å². The van der Waals surface area contributed by atoms with Crippen LogP contribution in [0.2, 0.25) is 0 Å². The zero-order chi connectivity index (χ0) is 16.4. The fourth-order valence-electron chi connectivity index (χ4n) is 1.97. The molecule has 3 rings (SSSR count). The van der Waals surface area contributed by atoms with Crippen molar-refractivity contribution >= 4 is 38.2 Å². The summed E-state index contributed by atoms with van der Waals surface area (Å²) in [6.07, 6.45) is 0. The SMILES string of the molecule is O=C(OCc1cc2c(cc1Br)OCCO2)c1ccc([N+](=O)[O-])s1. The monoisotopic (exact) mass is 399 g/mol. The molecule has 0 saturated heterocycles. The van der Waals surface area contributed by atoms with Crippen LogP contribution in [0.25, 0.3) is 0 Å². The highest BCUT2D eigenvalue weighted by atomic mass is 79.9. The Kier molecular flexibility index (Phi) is 4.49. The molecule has 0 radical (unpaired) electrons. The van der Waals surface area contributed by atoms with Gasteiger partial charge in [-0.05, 0) is 18.2 Å². The highest BCUT2D eigenvalue weighted by Gasteiger charge is 2.18. The van der Waals surface area contributed by atoms with Crippen molar-refractivity contribution in [3.8, 4) is 11.5 Å². The largest absolute Gasteiger partial charge is 0.486 e. The molecule has 0 fully saturated rings. The lowest BCUT2D eigenvalue weighted by Crippen LogP contribution is -2.15. The number of thiophene rings is 1. The molecule has 0 bridgehead atoms. The van der Waals surface area contributed by atoms with E-state index in [0.29, 0.717) is 30.3 Å². The number of hydrogen-bond donors (Lipinski definition) is 0. The van der Waals surface area contributed by atoms with E-state index in [1.807, 2.05) is 0 Å². The number of esters is 1. The maximum Gasteiger partial charge on any atom is 0.348 e. The average molecular weight is 400 g/mol. The summed E-state index contributed by atoms with van der Waals surface area (Å²) in [7, 11) is 0. The van der Waals surface area contributed by atoms with Crippen molar-refractivity contribution in [2.45, 2.75) is 6.61 Å². The molecule has 0 spiro atoms. The third-order valence-corrected chi connectivity index (χ3v) is 4.80. The number of ether oxygens (including phenoxy) is 3. The predicted octanol–water partition coefficient (Wildman–Crippen LogP) is 3.55. The van der Waals surface area contributed by atoms with Crippen molar-refractivity contribution in [3.05, 3.63) is 49.3 Å². The first kappa shape index (κ1) is 15.8. The quantitative estimate of drug-likeness (QED) is 0.443. The Hall–Kier alpha value is -2.13. The Morgan fingerprint density at radius 1 is 1.30 bits per heavy atom. The van der Waals surface area contributed by atoms with E-state index in [-0.39, 0.29) is 16.5 Å². The molecule has 23 heavy (non-hydrogen) atoms. The van der Waals surface area contributed by atoms with Gasteiger partial charge in [0, 0.05) is 16.1 Å². The van der Waals surface area contributed by atoms with Crippen LogP contribution in [0.4, 0.5) is 5.00 Å². The minimum absolute atomic E-state index is 0.0156. The lowest BCUT2D eigenvalue weighted by Gasteiger charge is -2.19. The van der Waals surface area contributed by atoms with Crippen molar-refractivity contribution in [3.63, 3.8) is 0 Å². The molecule has 1 aliphatic heterocycles. The molecule has 0 aliphatic carbocycles. The summed E-state index contributed by atoms with van der Waals surface area (Å²) in [6.45, 7) is 0.972.